The van der Waals surface area contributed by atoms with Crippen molar-refractivity contribution in [2.24, 2.45) is 0 Å². The van der Waals surface area contributed by atoms with Gasteiger partial charge in [-0.1, -0.05) is 6.07 Å². The number of pyridine rings is 1. The van der Waals surface area contributed by atoms with E-state index in [0.29, 0.717) is 0 Å². The Balaban J connectivity index is 2.01. The smallest absolute Gasteiger partial charge is 0.131 e. The minimum atomic E-state index is 0.113. The number of fused-ring (bicyclic) bond motifs is 1. The number of hydrogen-bond acceptors (Lipinski definition) is 3. The molecule has 1 aliphatic heterocycles. The Labute approximate surface area is 110 Å². The highest BCUT2D eigenvalue weighted by Gasteiger charge is 2.42. The second-order valence-electron chi connectivity index (χ2n) is 5.62. The molecule has 0 bridgehead atoms. The fourth-order valence-corrected chi connectivity index (χ4v) is 3.43. The highest BCUT2D eigenvalue weighted by atomic mass is 16.5. The van der Waals surface area contributed by atoms with Gasteiger partial charge in [0.15, 0.2) is 0 Å². The van der Waals surface area contributed by atoms with Crippen molar-refractivity contribution < 1.29 is 4.74 Å². The van der Waals surface area contributed by atoms with Gasteiger partial charge in [-0.15, -0.1) is 0 Å². The molecule has 0 radical (unpaired) electrons. The molecule has 0 amide bonds. The molecule has 3 aromatic rings. The van der Waals surface area contributed by atoms with Crippen molar-refractivity contribution in [3.05, 3.63) is 30.7 Å². The van der Waals surface area contributed by atoms with E-state index >= 15 is 0 Å². The van der Waals surface area contributed by atoms with Crippen LogP contribution < -0.4 is 4.74 Å². The van der Waals surface area contributed by atoms with Crippen LogP contribution >= 0.6 is 0 Å². The van der Waals surface area contributed by atoms with Crippen molar-refractivity contribution in [3.8, 4) is 5.75 Å². The molecular formula is C15H13N3O. The molecule has 0 saturated heterocycles. The van der Waals surface area contributed by atoms with E-state index < -0.39 is 0 Å². The molecule has 0 atom stereocenters. The lowest BCUT2D eigenvalue weighted by Crippen LogP contribution is -2.44. The van der Waals surface area contributed by atoms with Gasteiger partial charge in [-0.05, 0) is 31.4 Å². The lowest BCUT2D eigenvalue weighted by Gasteiger charge is -2.42. The van der Waals surface area contributed by atoms with Crippen LogP contribution in [0.3, 0.4) is 0 Å². The van der Waals surface area contributed by atoms with Gasteiger partial charge in [0.25, 0.3) is 0 Å². The summed E-state index contributed by atoms with van der Waals surface area (Å²) < 4.78 is 8.43. The van der Waals surface area contributed by atoms with Crippen molar-refractivity contribution in [3.63, 3.8) is 0 Å². The van der Waals surface area contributed by atoms with Crippen LogP contribution in [-0.4, -0.2) is 21.1 Å². The zero-order valence-corrected chi connectivity index (χ0v) is 10.5. The molecular weight excluding hydrogens is 238 g/mol. The first-order chi connectivity index (χ1) is 9.37. The average Bonchev–Trinajstić information content (AvgIpc) is 2.75. The van der Waals surface area contributed by atoms with Crippen LogP contribution in [0.15, 0.2) is 30.7 Å². The van der Waals surface area contributed by atoms with Gasteiger partial charge in [-0.3, -0.25) is 4.98 Å². The monoisotopic (exact) mass is 251 g/mol. The molecule has 19 heavy (non-hydrogen) atoms. The Bertz CT molecular complexity index is 817. The molecule has 2 aromatic heterocycles. The van der Waals surface area contributed by atoms with Gasteiger partial charge >= 0.3 is 0 Å². The quantitative estimate of drug-likeness (QED) is 0.616. The number of aromatic nitrogens is 3. The average molecular weight is 251 g/mol. The Morgan fingerprint density at radius 2 is 2.11 bits per heavy atom. The molecule has 1 aliphatic carbocycles. The predicted octanol–water partition coefficient (Wildman–Crippen LogP) is 2.86. The fourth-order valence-electron chi connectivity index (χ4n) is 3.43. The summed E-state index contributed by atoms with van der Waals surface area (Å²) in [6.07, 6.45) is 7.46. The van der Waals surface area contributed by atoms with Gasteiger partial charge in [0.2, 0.25) is 0 Å². The van der Waals surface area contributed by atoms with Crippen molar-refractivity contribution in [2.75, 3.05) is 6.61 Å². The zero-order chi connectivity index (χ0) is 12.4. The molecule has 4 nitrogen and oxygen atoms in total. The molecule has 1 aromatic carbocycles. The third kappa shape index (κ3) is 1.06. The second kappa shape index (κ2) is 3.07. The molecule has 2 aliphatic rings. The summed E-state index contributed by atoms with van der Waals surface area (Å²) in [5, 5.41) is 1.11. The number of hydrogen-bond donors (Lipinski definition) is 0. The van der Waals surface area contributed by atoms with Crippen LogP contribution in [0.2, 0.25) is 0 Å². The van der Waals surface area contributed by atoms with E-state index in [1.54, 1.807) is 0 Å². The molecule has 5 rings (SSSR count). The van der Waals surface area contributed by atoms with Crippen LogP contribution in [-0.2, 0) is 5.54 Å². The Hall–Kier alpha value is -2.10. The molecule has 1 saturated carbocycles. The first-order valence-electron chi connectivity index (χ1n) is 6.76. The summed E-state index contributed by atoms with van der Waals surface area (Å²) in [7, 11) is 0. The largest absolute Gasteiger partial charge is 0.490 e. The lowest BCUT2D eigenvalue weighted by molar-refractivity contribution is 0.0754. The third-order valence-electron chi connectivity index (χ3n) is 4.65. The second-order valence-corrected chi connectivity index (χ2v) is 5.62. The van der Waals surface area contributed by atoms with E-state index in [9.17, 15) is 0 Å². The van der Waals surface area contributed by atoms with Crippen molar-refractivity contribution >= 4 is 21.9 Å². The van der Waals surface area contributed by atoms with E-state index in [4.69, 9.17) is 4.74 Å². The summed E-state index contributed by atoms with van der Waals surface area (Å²) in [6.45, 7) is 0.742. The molecule has 94 valence electrons. The van der Waals surface area contributed by atoms with Gasteiger partial charge in [0, 0.05) is 0 Å². The number of rotatable bonds is 0. The third-order valence-corrected chi connectivity index (χ3v) is 4.65. The van der Waals surface area contributed by atoms with Crippen molar-refractivity contribution in [1.82, 2.24) is 14.5 Å². The van der Waals surface area contributed by atoms with E-state index in [-0.39, 0.29) is 5.54 Å². The molecule has 3 heterocycles. The van der Waals surface area contributed by atoms with Crippen molar-refractivity contribution in [1.29, 1.82) is 0 Å². The zero-order valence-electron chi connectivity index (χ0n) is 10.5. The van der Waals surface area contributed by atoms with Crippen LogP contribution in [0.5, 0.6) is 5.75 Å². The molecule has 4 heteroatoms. The van der Waals surface area contributed by atoms with E-state index in [0.717, 1.165) is 28.8 Å². The highest BCUT2D eigenvalue weighted by Crippen LogP contribution is 2.45. The lowest BCUT2D eigenvalue weighted by atomic mass is 9.77. The molecule has 0 unspecified atom stereocenters. The van der Waals surface area contributed by atoms with Crippen LogP contribution in [0, 0.1) is 0 Å². The van der Waals surface area contributed by atoms with Gasteiger partial charge in [0.05, 0.1) is 34.5 Å². The standard InChI is InChI=1S/C15H13N3O/c1-3-10-13-12(4-1)19-8-15(5-2-6-15)18-9-17-11(7-16-10)14(13)18/h1,3-4,7,9H,2,5-6,8H2. The topological polar surface area (TPSA) is 39.9 Å². The summed E-state index contributed by atoms with van der Waals surface area (Å²) in [5.74, 6) is 0.945. The maximum Gasteiger partial charge on any atom is 0.131 e. The minimum Gasteiger partial charge on any atom is -0.490 e. The Morgan fingerprint density at radius 3 is 2.95 bits per heavy atom. The van der Waals surface area contributed by atoms with Crippen LogP contribution in [0.1, 0.15) is 19.3 Å². The Morgan fingerprint density at radius 1 is 1.16 bits per heavy atom. The number of imidazole rings is 1. The number of ether oxygens (including phenoxy) is 1. The van der Waals surface area contributed by atoms with E-state index in [1.807, 2.05) is 30.7 Å². The first-order valence-corrected chi connectivity index (χ1v) is 6.76. The summed E-state index contributed by atoms with van der Waals surface area (Å²) in [6, 6.07) is 6.09. The SMILES string of the molecule is c1cc2c3c(c1)ncc1ncn(c13)C1(CCC1)CO2. The van der Waals surface area contributed by atoms with Crippen LogP contribution in [0.25, 0.3) is 21.9 Å². The molecule has 1 spiro atoms. The normalized spacial score (nSPS) is 19.6. The molecule has 1 fully saturated rings. The van der Waals surface area contributed by atoms with Crippen LogP contribution in [0.4, 0.5) is 0 Å². The maximum absolute atomic E-state index is 6.09. The fraction of sp³-hybridized carbons (Fsp3) is 0.333. The minimum absolute atomic E-state index is 0.113. The first kappa shape index (κ1) is 9.78. The summed E-state index contributed by atoms with van der Waals surface area (Å²) >= 11 is 0. The highest BCUT2D eigenvalue weighted by molar-refractivity contribution is 6.06. The number of benzene rings is 1. The van der Waals surface area contributed by atoms with Gasteiger partial charge in [-0.2, -0.15) is 0 Å². The molecule has 0 N–H and O–H groups in total. The number of nitrogens with zero attached hydrogens (tertiary/aromatic N) is 3. The van der Waals surface area contributed by atoms with Crippen molar-refractivity contribution in [2.45, 2.75) is 24.8 Å². The summed E-state index contributed by atoms with van der Waals surface area (Å²) in [5.41, 5.74) is 3.26. The van der Waals surface area contributed by atoms with Gasteiger partial charge in [0.1, 0.15) is 17.9 Å². The Kier molecular flexibility index (Phi) is 1.58. The van der Waals surface area contributed by atoms with E-state index in [2.05, 4.69) is 14.5 Å². The van der Waals surface area contributed by atoms with Gasteiger partial charge in [-0.25, -0.2) is 4.98 Å². The van der Waals surface area contributed by atoms with E-state index in [1.165, 1.54) is 24.8 Å². The van der Waals surface area contributed by atoms with Gasteiger partial charge < -0.3 is 9.30 Å². The predicted molar refractivity (Wildman–Crippen MR) is 72.4 cm³/mol. The maximum atomic E-state index is 6.09. The summed E-state index contributed by atoms with van der Waals surface area (Å²) in [4.78, 5) is 9.03.